The average molecular weight is 597 g/mol. The molecule has 2 unspecified atom stereocenters. The molecule has 2 rings (SSSR count). The van der Waals surface area contributed by atoms with Gasteiger partial charge in [-0.25, -0.2) is 0 Å². The molecule has 2 aliphatic carbocycles. The van der Waals surface area contributed by atoms with Crippen molar-refractivity contribution in [3.63, 3.8) is 0 Å². The fourth-order valence-electron chi connectivity index (χ4n) is 5.28. The Morgan fingerprint density at radius 3 is 2.26 bits per heavy atom. The molecular formula is C29H52N6O7. The number of hydrogen-bond acceptors (Lipinski definition) is 8. The molecule has 0 bridgehead atoms. The molecule has 13 heteroatoms. The van der Waals surface area contributed by atoms with Gasteiger partial charge in [0.25, 0.3) is 0 Å². The number of aliphatic hydroxyl groups is 1. The van der Waals surface area contributed by atoms with Crippen molar-refractivity contribution in [1.29, 1.82) is 0 Å². The molecule has 0 spiro atoms. The molecule has 0 heterocycles. The summed E-state index contributed by atoms with van der Waals surface area (Å²) in [5.74, 6) is -2.12. The number of unbranched alkanes of at least 4 members (excludes halogenated alkanes) is 1. The topological polar surface area (TPSA) is 201 Å². The van der Waals surface area contributed by atoms with Gasteiger partial charge in [-0.2, -0.15) is 0 Å². The van der Waals surface area contributed by atoms with E-state index in [-0.39, 0.29) is 30.9 Å². The number of hydrogen-bond donors (Lipinski definition) is 7. The summed E-state index contributed by atoms with van der Waals surface area (Å²) in [4.78, 5) is 61.0. The second-order valence-corrected chi connectivity index (χ2v) is 12.2. The highest BCUT2D eigenvalue weighted by atomic mass is 16.5. The van der Waals surface area contributed by atoms with Crippen molar-refractivity contribution in [1.82, 2.24) is 26.6 Å². The summed E-state index contributed by atoms with van der Waals surface area (Å²) < 4.78 is 5.87. The van der Waals surface area contributed by atoms with Crippen LogP contribution in [0, 0.1) is 11.8 Å². The first-order chi connectivity index (χ1) is 19.9. The van der Waals surface area contributed by atoms with Crippen LogP contribution in [-0.2, 0) is 28.7 Å². The van der Waals surface area contributed by atoms with Crippen molar-refractivity contribution < 1.29 is 33.8 Å². The van der Waals surface area contributed by atoms with E-state index in [1.807, 2.05) is 20.8 Å². The molecule has 5 amide bonds. The number of rotatable bonds is 20. The first-order valence-corrected chi connectivity index (χ1v) is 15.4. The summed E-state index contributed by atoms with van der Waals surface area (Å²) in [5.41, 5.74) is 3.45. The van der Waals surface area contributed by atoms with E-state index in [0.717, 1.165) is 12.3 Å². The lowest BCUT2D eigenvalue weighted by Gasteiger charge is -2.22. The monoisotopic (exact) mass is 596 g/mol. The van der Waals surface area contributed by atoms with E-state index in [1.165, 1.54) is 44.9 Å². The minimum Gasteiger partial charge on any atom is -0.390 e. The van der Waals surface area contributed by atoms with Crippen LogP contribution in [0.2, 0.25) is 0 Å². The molecule has 0 radical (unpaired) electrons. The highest BCUT2D eigenvalue weighted by Crippen LogP contribution is 2.36. The van der Waals surface area contributed by atoms with Crippen LogP contribution in [0.15, 0.2) is 0 Å². The third-order valence-electron chi connectivity index (χ3n) is 7.75. The van der Waals surface area contributed by atoms with Gasteiger partial charge in [0, 0.05) is 19.6 Å². The quantitative estimate of drug-likeness (QED) is 0.0920. The van der Waals surface area contributed by atoms with Gasteiger partial charge in [0.2, 0.25) is 29.5 Å². The summed E-state index contributed by atoms with van der Waals surface area (Å²) in [6, 6.07) is -0.857. The van der Waals surface area contributed by atoms with Gasteiger partial charge < -0.3 is 42.2 Å². The Kier molecular flexibility index (Phi) is 15.2. The molecule has 2 fully saturated rings. The molecule has 0 aromatic rings. The van der Waals surface area contributed by atoms with Crippen LogP contribution in [0.1, 0.15) is 85.0 Å². The van der Waals surface area contributed by atoms with Crippen molar-refractivity contribution in [2.75, 3.05) is 32.8 Å². The summed E-state index contributed by atoms with van der Waals surface area (Å²) in [6.45, 7) is 6.09. The Bertz CT molecular complexity index is 911. The lowest BCUT2D eigenvalue weighted by atomic mass is 9.86. The second kappa shape index (κ2) is 18.0. The lowest BCUT2D eigenvalue weighted by Crippen LogP contribution is -2.56. The van der Waals surface area contributed by atoms with Gasteiger partial charge in [0.1, 0.15) is 11.6 Å². The van der Waals surface area contributed by atoms with Crippen LogP contribution >= 0.6 is 0 Å². The Labute approximate surface area is 249 Å². The molecule has 2 saturated carbocycles. The Hall–Kier alpha value is -2.77. The largest absolute Gasteiger partial charge is 0.390 e. The lowest BCUT2D eigenvalue weighted by molar-refractivity contribution is -0.133. The van der Waals surface area contributed by atoms with Crippen molar-refractivity contribution >= 4 is 29.5 Å². The van der Waals surface area contributed by atoms with E-state index in [2.05, 4.69) is 26.6 Å². The highest BCUT2D eigenvalue weighted by molar-refractivity contribution is 5.98. The minimum absolute atomic E-state index is 0.0125. The zero-order valence-electron chi connectivity index (χ0n) is 25.5. The van der Waals surface area contributed by atoms with Crippen LogP contribution in [0.3, 0.4) is 0 Å². The van der Waals surface area contributed by atoms with Crippen LogP contribution in [0.25, 0.3) is 0 Å². The molecule has 13 nitrogen and oxygen atoms in total. The van der Waals surface area contributed by atoms with Crippen LogP contribution in [0.5, 0.6) is 0 Å². The van der Waals surface area contributed by atoms with E-state index >= 15 is 0 Å². The smallest absolute Gasteiger partial charge is 0.249 e. The first kappa shape index (κ1) is 35.4. The maximum atomic E-state index is 12.8. The predicted molar refractivity (Wildman–Crippen MR) is 157 cm³/mol. The van der Waals surface area contributed by atoms with E-state index < -0.39 is 54.4 Å². The third-order valence-corrected chi connectivity index (χ3v) is 7.75. The Morgan fingerprint density at radius 1 is 0.952 bits per heavy atom. The zero-order chi connectivity index (χ0) is 31.1. The number of nitrogens with one attached hydrogen (secondary N) is 5. The molecule has 2 aliphatic rings. The number of aliphatic hydroxyl groups excluding tert-OH is 1. The van der Waals surface area contributed by atoms with Gasteiger partial charge >= 0.3 is 0 Å². The van der Waals surface area contributed by atoms with E-state index in [1.54, 1.807) is 0 Å². The SMILES string of the molecule is CC(C)C[C@H](NC(=O)CNC[C@@H](C)OCCCCC1CCCCC1)C(=O)NCC(=O)NC1(C(=O)NCC(N)=O)CC1O. The summed E-state index contributed by atoms with van der Waals surface area (Å²) in [7, 11) is 0. The van der Waals surface area contributed by atoms with Gasteiger partial charge in [0.05, 0.1) is 31.8 Å². The number of carbonyl (C=O) groups excluding carboxylic acids is 5. The normalized spacial score (nSPS) is 21.7. The zero-order valence-corrected chi connectivity index (χ0v) is 25.5. The number of nitrogens with two attached hydrogens (primary N) is 1. The molecule has 0 aromatic carbocycles. The van der Waals surface area contributed by atoms with Gasteiger partial charge in [-0.05, 0) is 31.6 Å². The van der Waals surface area contributed by atoms with Crippen LogP contribution < -0.4 is 32.3 Å². The highest BCUT2D eigenvalue weighted by Gasteiger charge is 2.60. The fraction of sp³-hybridized carbons (Fsp3) is 0.828. The summed E-state index contributed by atoms with van der Waals surface area (Å²) >= 11 is 0. The van der Waals surface area contributed by atoms with Gasteiger partial charge in [-0.15, -0.1) is 0 Å². The number of ether oxygens (including phenoxy) is 1. The van der Waals surface area contributed by atoms with E-state index in [0.29, 0.717) is 19.6 Å². The van der Waals surface area contributed by atoms with Crippen LogP contribution in [-0.4, -0.2) is 91.2 Å². The molecule has 0 aromatic heterocycles. The maximum absolute atomic E-state index is 12.8. The van der Waals surface area contributed by atoms with Crippen molar-refractivity contribution in [3.05, 3.63) is 0 Å². The molecule has 0 aliphatic heterocycles. The second-order valence-electron chi connectivity index (χ2n) is 12.2. The predicted octanol–water partition coefficient (Wildman–Crippen LogP) is -0.400. The number of primary amides is 1. The van der Waals surface area contributed by atoms with E-state index in [4.69, 9.17) is 10.5 Å². The van der Waals surface area contributed by atoms with E-state index in [9.17, 15) is 29.1 Å². The molecule has 42 heavy (non-hydrogen) atoms. The maximum Gasteiger partial charge on any atom is 0.249 e. The standard InChI is InChI=1S/C29H52N6O7/c1-19(2)13-22(27(40)32-18-26(39)35-29(14-23(29)36)28(41)33-16-24(30)37)34-25(38)17-31-15-20(3)42-12-8-7-11-21-9-5-4-6-10-21/h19-23,31,36H,4-18H2,1-3H3,(H2,30,37)(H,32,40)(H,33,41)(H,34,38)(H,35,39)/t20-,22+,23?,29?/m1/s1. The third kappa shape index (κ3) is 13.0. The van der Waals surface area contributed by atoms with Crippen molar-refractivity contribution in [2.24, 2.45) is 17.6 Å². The number of amides is 5. The molecule has 4 atom stereocenters. The minimum atomic E-state index is -1.57. The molecule has 0 saturated heterocycles. The molecule has 240 valence electrons. The molecular weight excluding hydrogens is 544 g/mol. The van der Waals surface area contributed by atoms with Gasteiger partial charge in [-0.1, -0.05) is 58.8 Å². The van der Waals surface area contributed by atoms with Crippen molar-refractivity contribution in [2.45, 2.75) is 109 Å². The Morgan fingerprint density at radius 2 is 1.64 bits per heavy atom. The summed E-state index contributed by atoms with van der Waals surface area (Å²) in [5, 5.41) is 22.8. The van der Waals surface area contributed by atoms with Gasteiger partial charge in [-0.3, -0.25) is 24.0 Å². The Balaban J connectivity index is 1.67. The van der Waals surface area contributed by atoms with Crippen molar-refractivity contribution in [3.8, 4) is 0 Å². The molecule has 8 N–H and O–H groups in total. The van der Waals surface area contributed by atoms with Crippen LogP contribution in [0.4, 0.5) is 0 Å². The summed E-state index contributed by atoms with van der Waals surface area (Å²) in [6.07, 6.45) is 9.51. The average Bonchev–Trinajstić information content (AvgIpc) is 3.59. The van der Waals surface area contributed by atoms with Gasteiger partial charge in [0.15, 0.2) is 0 Å². The number of carbonyl (C=O) groups is 5. The fourth-order valence-corrected chi connectivity index (χ4v) is 5.28. The first-order valence-electron chi connectivity index (χ1n) is 15.4.